The maximum absolute atomic E-state index is 5.91. The van der Waals surface area contributed by atoms with E-state index in [4.69, 9.17) is 14.2 Å². The Morgan fingerprint density at radius 3 is 1.68 bits per heavy atom. The minimum atomic E-state index is 0.470. The Labute approximate surface area is 116 Å². The molecular formula is C16H26O3. The van der Waals surface area contributed by atoms with E-state index in [1.54, 1.807) is 0 Å². The van der Waals surface area contributed by atoms with Gasteiger partial charge in [-0.3, -0.25) is 0 Å². The molecular weight excluding hydrogens is 240 g/mol. The first-order valence-electron chi connectivity index (χ1n) is 7.34. The third-order valence-electron chi connectivity index (χ3n) is 3.70. The SMILES string of the molecule is C=CCC(COCC(CC=C)CC1CO1)CC1CO1. The van der Waals surface area contributed by atoms with E-state index in [1.807, 2.05) is 12.2 Å². The molecule has 0 amide bonds. The van der Waals surface area contributed by atoms with Crippen molar-refractivity contribution in [3.63, 3.8) is 0 Å². The molecule has 2 aliphatic rings. The summed E-state index contributed by atoms with van der Waals surface area (Å²) in [5.41, 5.74) is 0. The Hall–Kier alpha value is -0.640. The molecule has 0 N–H and O–H groups in total. The topological polar surface area (TPSA) is 34.3 Å². The summed E-state index contributed by atoms with van der Waals surface area (Å²) in [4.78, 5) is 0. The van der Waals surface area contributed by atoms with Crippen LogP contribution in [0, 0.1) is 11.8 Å². The van der Waals surface area contributed by atoms with Gasteiger partial charge in [-0.15, -0.1) is 13.2 Å². The zero-order valence-electron chi connectivity index (χ0n) is 11.8. The summed E-state index contributed by atoms with van der Waals surface area (Å²) in [5, 5.41) is 0. The third-order valence-corrected chi connectivity index (χ3v) is 3.70. The van der Waals surface area contributed by atoms with Crippen LogP contribution < -0.4 is 0 Å². The van der Waals surface area contributed by atoms with E-state index in [-0.39, 0.29) is 0 Å². The summed E-state index contributed by atoms with van der Waals surface area (Å²) in [6.45, 7) is 11.1. The molecule has 0 radical (unpaired) electrons. The minimum absolute atomic E-state index is 0.470. The second-order valence-electron chi connectivity index (χ2n) is 5.70. The highest BCUT2D eigenvalue weighted by molar-refractivity contribution is 4.81. The first kappa shape index (κ1) is 14.8. The lowest BCUT2D eigenvalue weighted by Crippen LogP contribution is -2.17. The van der Waals surface area contributed by atoms with Gasteiger partial charge in [0.15, 0.2) is 0 Å². The fourth-order valence-corrected chi connectivity index (χ4v) is 2.49. The summed E-state index contributed by atoms with van der Waals surface area (Å²) in [7, 11) is 0. The minimum Gasteiger partial charge on any atom is -0.381 e. The molecule has 2 saturated heterocycles. The van der Waals surface area contributed by atoms with Crippen molar-refractivity contribution >= 4 is 0 Å². The van der Waals surface area contributed by atoms with E-state index < -0.39 is 0 Å². The van der Waals surface area contributed by atoms with Crippen LogP contribution in [-0.2, 0) is 14.2 Å². The molecule has 0 aromatic heterocycles. The van der Waals surface area contributed by atoms with E-state index in [2.05, 4.69) is 13.2 Å². The van der Waals surface area contributed by atoms with Gasteiger partial charge in [-0.2, -0.15) is 0 Å². The molecule has 0 bridgehead atoms. The second kappa shape index (κ2) is 7.83. The Morgan fingerprint density at radius 2 is 1.37 bits per heavy atom. The van der Waals surface area contributed by atoms with E-state index in [1.165, 1.54) is 0 Å². The predicted molar refractivity (Wildman–Crippen MR) is 76.1 cm³/mol. The summed E-state index contributed by atoms with van der Waals surface area (Å²) in [6, 6.07) is 0. The molecule has 3 nitrogen and oxygen atoms in total. The number of hydrogen-bond acceptors (Lipinski definition) is 3. The quantitative estimate of drug-likeness (QED) is 0.402. The second-order valence-corrected chi connectivity index (χ2v) is 5.70. The summed E-state index contributed by atoms with van der Waals surface area (Å²) in [5.74, 6) is 1.10. The van der Waals surface area contributed by atoms with E-state index in [0.29, 0.717) is 24.0 Å². The van der Waals surface area contributed by atoms with Crippen molar-refractivity contribution in [1.82, 2.24) is 0 Å². The van der Waals surface area contributed by atoms with Crippen molar-refractivity contribution in [2.24, 2.45) is 11.8 Å². The van der Waals surface area contributed by atoms with Crippen molar-refractivity contribution in [2.45, 2.75) is 37.9 Å². The van der Waals surface area contributed by atoms with Crippen molar-refractivity contribution in [3.05, 3.63) is 25.3 Å². The van der Waals surface area contributed by atoms with Gasteiger partial charge >= 0.3 is 0 Å². The van der Waals surface area contributed by atoms with Gasteiger partial charge in [0.2, 0.25) is 0 Å². The average molecular weight is 266 g/mol. The lowest BCUT2D eigenvalue weighted by Gasteiger charge is -2.18. The van der Waals surface area contributed by atoms with Crippen LogP contribution in [0.4, 0.5) is 0 Å². The molecule has 2 fully saturated rings. The fourth-order valence-electron chi connectivity index (χ4n) is 2.49. The molecule has 19 heavy (non-hydrogen) atoms. The van der Waals surface area contributed by atoms with Crippen LogP contribution in [0.15, 0.2) is 25.3 Å². The summed E-state index contributed by atoms with van der Waals surface area (Å²) in [6.07, 6.45) is 9.13. The van der Waals surface area contributed by atoms with Gasteiger partial charge in [0, 0.05) is 13.2 Å². The van der Waals surface area contributed by atoms with Crippen LogP contribution in [0.3, 0.4) is 0 Å². The van der Waals surface area contributed by atoms with Crippen molar-refractivity contribution in [1.29, 1.82) is 0 Å². The highest BCUT2D eigenvalue weighted by Crippen LogP contribution is 2.24. The molecule has 4 unspecified atom stereocenters. The van der Waals surface area contributed by atoms with Crippen molar-refractivity contribution in [3.8, 4) is 0 Å². The molecule has 0 aliphatic carbocycles. The molecule has 2 aliphatic heterocycles. The van der Waals surface area contributed by atoms with Gasteiger partial charge < -0.3 is 14.2 Å². The van der Waals surface area contributed by atoms with Crippen LogP contribution in [0.2, 0.25) is 0 Å². The molecule has 3 heteroatoms. The number of hydrogen-bond donors (Lipinski definition) is 0. The van der Waals surface area contributed by atoms with Crippen LogP contribution in [0.5, 0.6) is 0 Å². The largest absolute Gasteiger partial charge is 0.381 e. The Morgan fingerprint density at radius 1 is 0.947 bits per heavy atom. The predicted octanol–water partition coefficient (Wildman–Crippen LogP) is 2.97. The molecule has 0 aromatic carbocycles. The van der Waals surface area contributed by atoms with Crippen LogP contribution in [0.1, 0.15) is 25.7 Å². The number of ether oxygens (including phenoxy) is 3. The molecule has 0 saturated carbocycles. The average Bonchev–Trinajstić information content (AvgIpc) is 3.24. The standard InChI is InChI=1S/C16H26O3/c1-3-5-13(7-15-11-18-15)9-17-10-14(6-4-2)8-16-12-19-16/h3-4,13-16H,1-2,5-12H2. The van der Waals surface area contributed by atoms with Crippen molar-refractivity contribution < 1.29 is 14.2 Å². The van der Waals surface area contributed by atoms with Gasteiger partial charge in [-0.25, -0.2) is 0 Å². The molecule has 0 aromatic rings. The lowest BCUT2D eigenvalue weighted by molar-refractivity contribution is 0.0633. The van der Waals surface area contributed by atoms with E-state index >= 15 is 0 Å². The van der Waals surface area contributed by atoms with Crippen LogP contribution in [0.25, 0.3) is 0 Å². The number of rotatable bonds is 12. The van der Waals surface area contributed by atoms with Gasteiger partial charge in [-0.1, -0.05) is 12.2 Å². The van der Waals surface area contributed by atoms with Gasteiger partial charge in [0.1, 0.15) is 0 Å². The first-order chi connectivity index (χ1) is 9.31. The lowest BCUT2D eigenvalue weighted by atomic mass is 9.99. The molecule has 2 rings (SSSR count). The first-order valence-corrected chi connectivity index (χ1v) is 7.34. The Balaban J connectivity index is 1.62. The highest BCUT2D eigenvalue weighted by atomic mass is 16.6. The number of epoxide rings is 2. The zero-order chi connectivity index (χ0) is 13.5. The summed E-state index contributed by atoms with van der Waals surface area (Å²) >= 11 is 0. The number of allylic oxidation sites excluding steroid dienone is 2. The monoisotopic (exact) mass is 266 g/mol. The van der Waals surface area contributed by atoms with Gasteiger partial charge in [0.05, 0.1) is 25.4 Å². The molecule has 4 atom stereocenters. The Kier molecular flexibility index (Phi) is 6.08. The molecule has 0 spiro atoms. The third kappa shape index (κ3) is 6.37. The fraction of sp³-hybridized carbons (Fsp3) is 0.750. The maximum Gasteiger partial charge on any atom is 0.0813 e. The maximum atomic E-state index is 5.91. The van der Waals surface area contributed by atoms with E-state index in [9.17, 15) is 0 Å². The van der Waals surface area contributed by atoms with Gasteiger partial charge in [0.25, 0.3) is 0 Å². The van der Waals surface area contributed by atoms with E-state index in [0.717, 1.165) is 52.1 Å². The van der Waals surface area contributed by atoms with Gasteiger partial charge in [-0.05, 0) is 37.5 Å². The summed E-state index contributed by atoms with van der Waals surface area (Å²) < 4.78 is 16.5. The van der Waals surface area contributed by atoms with Crippen LogP contribution >= 0.6 is 0 Å². The Bertz CT molecular complexity index is 254. The molecule has 108 valence electrons. The molecule has 2 heterocycles. The highest BCUT2D eigenvalue weighted by Gasteiger charge is 2.28. The zero-order valence-corrected chi connectivity index (χ0v) is 11.8. The van der Waals surface area contributed by atoms with Crippen molar-refractivity contribution in [2.75, 3.05) is 26.4 Å². The smallest absolute Gasteiger partial charge is 0.0813 e. The van der Waals surface area contributed by atoms with Crippen LogP contribution in [-0.4, -0.2) is 38.6 Å². The normalized spacial score (nSPS) is 27.6.